The summed E-state index contributed by atoms with van der Waals surface area (Å²) in [6.45, 7) is 2.11. The van der Waals surface area contributed by atoms with Gasteiger partial charge in [-0.2, -0.15) is 0 Å². The standard InChI is InChI=1S/C15H24N2O3S/c1-3-4-5-9-21(19)10-8-15(18)17-14-7-6-12(20-2)11-13(14)16/h6-7,11H,3-5,8-10,16H2,1-2H3,(H,17,18). The van der Waals surface area contributed by atoms with Crippen LogP contribution >= 0.6 is 0 Å². The zero-order chi connectivity index (χ0) is 15.7. The summed E-state index contributed by atoms with van der Waals surface area (Å²) in [7, 11) is 0.634. The SMILES string of the molecule is CCCCCS(=O)CCC(=O)Nc1ccc(OC)cc1N. The predicted molar refractivity (Wildman–Crippen MR) is 88.1 cm³/mol. The van der Waals surface area contributed by atoms with E-state index in [9.17, 15) is 9.00 Å². The normalized spacial score (nSPS) is 11.9. The maximum absolute atomic E-state index is 11.8. The van der Waals surface area contributed by atoms with E-state index in [0.717, 1.165) is 19.3 Å². The lowest BCUT2D eigenvalue weighted by Crippen LogP contribution is -2.16. The molecule has 1 amide bonds. The van der Waals surface area contributed by atoms with Crippen molar-refractivity contribution in [2.24, 2.45) is 0 Å². The number of nitrogen functional groups attached to an aromatic ring is 1. The fourth-order valence-electron chi connectivity index (χ4n) is 1.82. The lowest BCUT2D eigenvalue weighted by atomic mass is 10.2. The molecule has 0 spiro atoms. The molecule has 0 saturated carbocycles. The molecule has 21 heavy (non-hydrogen) atoms. The predicted octanol–water partition coefficient (Wildman–Crippen LogP) is 2.54. The number of unbranched alkanes of at least 4 members (excludes halogenated alkanes) is 2. The van der Waals surface area contributed by atoms with Gasteiger partial charge in [0.05, 0.1) is 18.5 Å². The fraction of sp³-hybridized carbons (Fsp3) is 0.533. The number of hydrogen-bond donors (Lipinski definition) is 2. The van der Waals surface area contributed by atoms with E-state index < -0.39 is 10.8 Å². The number of ether oxygens (including phenoxy) is 1. The van der Waals surface area contributed by atoms with Crippen LogP contribution in [0.5, 0.6) is 5.75 Å². The van der Waals surface area contributed by atoms with Gasteiger partial charge in [-0.25, -0.2) is 0 Å². The van der Waals surface area contributed by atoms with Gasteiger partial charge >= 0.3 is 0 Å². The number of nitrogens with two attached hydrogens (primary N) is 1. The van der Waals surface area contributed by atoms with E-state index in [1.165, 1.54) is 0 Å². The first-order valence-electron chi connectivity index (χ1n) is 7.15. The maximum atomic E-state index is 11.8. The molecule has 0 radical (unpaired) electrons. The van der Waals surface area contributed by atoms with Crippen LogP contribution in [0.15, 0.2) is 18.2 Å². The van der Waals surface area contributed by atoms with E-state index in [-0.39, 0.29) is 12.3 Å². The van der Waals surface area contributed by atoms with E-state index in [0.29, 0.717) is 28.6 Å². The Morgan fingerprint density at radius 3 is 2.71 bits per heavy atom. The Kier molecular flexibility index (Phi) is 7.82. The van der Waals surface area contributed by atoms with E-state index in [4.69, 9.17) is 10.5 Å². The molecule has 6 heteroatoms. The average Bonchev–Trinajstić information content (AvgIpc) is 2.47. The first-order chi connectivity index (χ1) is 10.1. The highest BCUT2D eigenvalue weighted by molar-refractivity contribution is 7.84. The Hall–Kier alpha value is -1.56. The summed E-state index contributed by atoms with van der Waals surface area (Å²) in [5.74, 6) is 1.54. The van der Waals surface area contributed by atoms with Crippen LogP contribution in [0.2, 0.25) is 0 Å². The molecule has 0 aromatic heterocycles. The van der Waals surface area contributed by atoms with Gasteiger partial charge < -0.3 is 15.8 Å². The zero-order valence-electron chi connectivity index (χ0n) is 12.7. The van der Waals surface area contributed by atoms with Crippen LogP contribution in [-0.4, -0.2) is 28.7 Å². The van der Waals surface area contributed by atoms with Crippen LogP contribution in [0.25, 0.3) is 0 Å². The van der Waals surface area contributed by atoms with Gasteiger partial charge in [0.1, 0.15) is 5.75 Å². The van der Waals surface area contributed by atoms with Crippen molar-refractivity contribution in [2.45, 2.75) is 32.6 Å². The third-order valence-corrected chi connectivity index (χ3v) is 4.47. The second kappa shape index (κ2) is 9.39. The number of methoxy groups -OCH3 is 1. The maximum Gasteiger partial charge on any atom is 0.225 e. The van der Waals surface area contributed by atoms with E-state index in [1.54, 1.807) is 25.3 Å². The van der Waals surface area contributed by atoms with Crippen molar-refractivity contribution in [3.8, 4) is 5.75 Å². The van der Waals surface area contributed by atoms with E-state index >= 15 is 0 Å². The number of amides is 1. The quantitative estimate of drug-likeness (QED) is 0.542. The van der Waals surface area contributed by atoms with Crippen LogP contribution in [0.3, 0.4) is 0 Å². The van der Waals surface area contributed by atoms with Crippen LogP contribution in [0, 0.1) is 0 Å². The molecule has 1 atom stereocenters. The highest BCUT2D eigenvalue weighted by Crippen LogP contribution is 2.24. The molecule has 0 heterocycles. The minimum atomic E-state index is -0.923. The molecule has 0 aliphatic carbocycles. The molecule has 0 fully saturated rings. The molecular weight excluding hydrogens is 288 g/mol. The highest BCUT2D eigenvalue weighted by atomic mass is 32.2. The summed E-state index contributed by atoms with van der Waals surface area (Å²) < 4.78 is 16.8. The van der Waals surface area contributed by atoms with Gasteiger partial charge in [-0.15, -0.1) is 0 Å². The third kappa shape index (κ3) is 6.62. The van der Waals surface area contributed by atoms with Crippen molar-refractivity contribution >= 4 is 28.1 Å². The topological polar surface area (TPSA) is 81.4 Å². The zero-order valence-corrected chi connectivity index (χ0v) is 13.5. The molecule has 3 N–H and O–H groups in total. The lowest BCUT2D eigenvalue weighted by molar-refractivity contribution is -0.115. The largest absolute Gasteiger partial charge is 0.497 e. The molecule has 118 valence electrons. The lowest BCUT2D eigenvalue weighted by Gasteiger charge is -2.09. The molecule has 1 aromatic carbocycles. The second-order valence-electron chi connectivity index (χ2n) is 4.81. The number of hydrogen-bond acceptors (Lipinski definition) is 4. The number of benzene rings is 1. The monoisotopic (exact) mass is 312 g/mol. The van der Waals surface area contributed by atoms with Gasteiger partial charge in [-0.05, 0) is 18.6 Å². The van der Waals surface area contributed by atoms with Crippen LogP contribution in [0.4, 0.5) is 11.4 Å². The second-order valence-corrected chi connectivity index (χ2v) is 6.50. The number of carbonyl (C=O) groups excluding carboxylic acids is 1. The van der Waals surface area contributed by atoms with Crippen molar-refractivity contribution in [1.82, 2.24) is 0 Å². The summed E-state index contributed by atoms with van der Waals surface area (Å²) in [6, 6.07) is 5.08. The first-order valence-corrected chi connectivity index (χ1v) is 8.64. The molecule has 1 unspecified atom stereocenters. The van der Waals surface area contributed by atoms with Crippen LogP contribution in [-0.2, 0) is 15.6 Å². The number of rotatable bonds is 9. The van der Waals surface area contributed by atoms with Crippen LogP contribution < -0.4 is 15.8 Å². The Labute approximate surface area is 128 Å². The number of carbonyl (C=O) groups is 1. The van der Waals surface area contributed by atoms with Gasteiger partial charge in [-0.1, -0.05) is 19.8 Å². The molecule has 0 saturated heterocycles. The van der Waals surface area contributed by atoms with Gasteiger partial charge in [0.25, 0.3) is 0 Å². The molecule has 0 aliphatic rings. The minimum Gasteiger partial charge on any atom is -0.497 e. The molecular formula is C15H24N2O3S. The van der Waals surface area contributed by atoms with Crippen molar-refractivity contribution in [1.29, 1.82) is 0 Å². The fourth-order valence-corrected chi connectivity index (χ4v) is 2.96. The summed E-state index contributed by atoms with van der Waals surface area (Å²) in [5.41, 5.74) is 6.83. The Morgan fingerprint density at radius 2 is 2.10 bits per heavy atom. The van der Waals surface area contributed by atoms with Gasteiger partial charge in [0.2, 0.25) is 5.91 Å². The highest BCUT2D eigenvalue weighted by Gasteiger charge is 2.08. The summed E-state index contributed by atoms with van der Waals surface area (Å²) in [6.07, 6.45) is 3.38. The average molecular weight is 312 g/mol. The first kappa shape index (κ1) is 17.5. The third-order valence-electron chi connectivity index (χ3n) is 3.07. The van der Waals surface area contributed by atoms with Crippen molar-refractivity contribution in [2.75, 3.05) is 29.7 Å². The number of nitrogens with one attached hydrogen (secondary N) is 1. The van der Waals surface area contributed by atoms with Crippen LogP contribution in [0.1, 0.15) is 32.6 Å². The Bertz CT molecular complexity index is 492. The molecule has 0 bridgehead atoms. The molecule has 5 nitrogen and oxygen atoms in total. The summed E-state index contributed by atoms with van der Waals surface area (Å²) in [5, 5.41) is 2.73. The Balaban J connectivity index is 2.38. The van der Waals surface area contributed by atoms with Gasteiger partial charge in [-0.3, -0.25) is 9.00 Å². The van der Waals surface area contributed by atoms with Gasteiger partial charge in [0.15, 0.2) is 0 Å². The van der Waals surface area contributed by atoms with Crippen molar-refractivity contribution < 1.29 is 13.7 Å². The minimum absolute atomic E-state index is 0.171. The summed E-state index contributed by atoms with van der Waals surface area (Å²) in [4.78, 5) is 11.8. The van der Waals surface area contributed by atoms with Gasteiger partial charge in [0, 0.05) is 34.8 Å². The van der Waals surface area contributed by atoms with E-state index in [2.05, 4.69) is 12.2 Å². The van der Waals surface area contributed by atoms with Crippen molar-refractivity contribution in [3.05, 3.63) is 18.2 Å². The molecule has 1 rings (SSSR count). The van der Waals surface area contributed by atoms with Crippen molar-refractivity contribution in [3.63, 3.8) is 0 Å². The molecule has 1 aromatic rings. The number of anilines is 2. The molecule has 0 aliphatic heterocycles. The van der Waals surface area contributed by atoms with E-state index in [1.807, 2.05) is 0 Å². The summed E-state index contributed by atoms with van der Waals surface area (Å²) >= 11 is 0. The Morgan fingerprint density at radius 1 is 1.33 bits per heavy atom. The smallest absolute Gasteiger partial charge is 0.225 e.